The summed E-state index contributed by atoms with van der Waals surface area (Å²) in [6.45, 7) is 3.77. The summed E-state index contributed by atoms with van der Waals surface area (Å²) in [5, 5.41) is 0. The normalized spacial score (nSPS) is 13.1. The Morgan fingerprint density at radius 3 is 2.64 bits per heavy atom. The summed E-state index contributed by atoms with van der Waals surface area (Å²) in [4.78, 5) is 4.79. The number of hydrogen-bond acceptors (Lipinski definition) is 3. The van der Waals surface area contributed by atoms with Crippen LogP contribution in [0.15, 0.2) is 47.5 Å². The van der Waals surface area contributed by atoms with Gasteiger partial charge in [0, 0.05) is 24.2 Å². The van der Waals surface area contributed by atoms with Gasteiger partial charge in [-0.1, -0.05) is 50.1 Å². The summed E-state index contributed by atoms with van der Waals surface area (Å²) < 4.78 is 11.6. The SMILES string of the molecule is CCCCCOc1cc2c(cc1OC)CCN=C2Cc1ccccc1. The predicted molar refractivity (Wildman–Crippen MR) is 103 cm³/mol. The second kappa shape index (κ2) is 8.70. The second-order valence-corrected chi connectivity index (χ2v) is 6.46. The van der Waals surface area contributed by atoms with Gasteiger partial charge in [0.15, 0.2) is 11.5 Å². The Morgan fingerprint density at radius 1 is 1.04 bits per heavy atom. The summed E-state index contributed by atoms with van der Waals surface area (Å²) >= 11 is 0. The van der Waals surface area contributed by atoms with E-state index in [0.29, 0.717) is 0 Å². The van der Waals surface area contributed by atoms with Crippen molar-refractivity contribution in [2.45, 2.75) is 39.0 Å². The van der Waals surface area contributed by atoms with E-state index in [9.17, 15) is 0 Å². The van der Waals surface area contributed by atoms with E-state index in [1.54, 1.807) is 7.11 Å². The van der Waals surface area contributed by atoms with Crippen LogP contribution in [-0.4, -0.2) is 26.0 Å². The molecule has 0 amide bonds. The lowest BCUT2D eigenvalue weighted by molar-refractivity contribution is 0.285. The molecule has 0 bridgehead atoms. The van der Waals surface area contributed by atoms with E-state index in [2.05, 4.69) is 43.3 Å². The lowest BCUT2D eigenvalue weighted by Gasteiger charge is -2.20. The number of unbranched alkanes of at least 4 members (excludes halogenated alkanes) is 2. The van der Waals surface area contributed by atoms with Crippen LogP contribution in [-0.2, 0) is 12.8 Å². The zero-order valence-electron chi connectivity index (χ0n) is 15.3. The molecule has 132 valence electrons. The van der Waals surface area contributed by atoms with Crippen molar-refractivity contribution in [2.75, 3.05) is 20.3 Å². The monoisotopic (exact) mass is 337 g/mol. The maximum absolute atomic E-state index is 6.01. The Bertz CT molecular complexity index is 722. The van der Waals surface area contributed by atoms with Gasteiger partial charge < -0.3 is 9.47 Å². The van der Waals surface area contributed by atoms with Gasteiger partial charge in [-0.15, -0.1) is 0 Å². The van der Waals surface area contributed by atoms with E-state index < -0.39 is 0 Å². The van der Waals surface area contributed by atoms with Gasteiger partial charge >= 0.3 is 0 Å². The molecule has 3 heteroatoms. The molecule has 0 N–H and O–H groups in total. The van der Waals surface area contributed by atoms with E-state index in [1.165, 1.54) is 29.5 Å². The van der Waals surface area contributed by atoms with Crippen molar-refractivity contribution in [1.29, 1.82) is 0 Å². The molecule has 2 aromatic carbocycles. The van der Waals surface area contributed by atoms with Gasteiger partial charge in [0.1, 0.15) is 0 Å². The molecular formula is C22H27NO2. The van der Waals surface area contributed by atoms with Crippen molar-refractivity contribution in [3.63, 3.8) is 0 Å². The smallest absolute Gasteiger partial charge is 0.161 e. The van der Waals surface area contributed by atoms with Gasteiger partial charge in [-0.05, 0) is 36.1 Å². The van der Waals surface area contributed by atoms with Crippen LogP contribution >= 0.6 is 0 Å². The number of aliphatic imine (C=N–C) groups is 1. The number of nitrogens with zero attached hydrogens (tertiary/aromatic N) is 1. The minimum Gasteiger partial charge on any atom is -0.493 e. The van der Waals surface area contributed by atoms with Gasteiger partial charge in [-0.2, -0.15) is 0 Å². The highest BCUT2D eigenvalue weighted by Crippen LogP contribution is 2.33. The Hall–Kier alpha value is -2.29. The van der Waals surface area contributed by atoms with Crippen molar-refractivity contribution in [3.8, 4) is 11.5 Å². The third kappa shape index (κ3) is 4.41. The second-order valence-electron chi connectivity index (χ2n) is 6.46. The number of benzene rings is 2. The lowest BCUT2D eigenvalue weighted by atomic mass is 9.93. The summed E-state index contributed by atoms with van der Waals surface area (Å²) in [7, 11) is 1.71. The molecule has 0 fully saturated rings. The van der Waals surface area contributed by atoms with E-state index in [4.69, 9.17) is 14.5 Å². The maximum atomic E-state index is 6.01. The molecule has 1 aliphatic rings. The van der Waals surface area contributed by atoms with Crippen LogP contribution in [0.5, 0.6) is 11.5 Å². The van der Waals surface area contributed by atoms with Crippen LogP contribution in [0.3, 0.4) is 0 Å². The molecule has 0 radical (unpaired) electrons. The fourth-order valence-corrected chi connectivity index (χ4v) is 3.22. The highest BCUT2D eigenvalue weighted by atomic mass is 16.5. The van der Waals surface area contributed by atoms with E-state index >= 15 is 0 Å². The molecule has 0 unspecified atom stereocenters. The molecule has 0 atom stereocenters. The van der Waals surface area contributed by atoms with E-state index in [1.807, 2.05) is 6.07 Å². The molecule has 0 saturated carbocycles. The Morgan fingerprint density at radius 2 is 1.88 bits per heavy atom. The number of rotatable bonds is 8. The largest absolute Gasteiger partial charge is 0.493 e. The molecule has 3 rings (SSSR count). The van der Waals surface area contributed by atoms with Crippen molar-refractivity contribution < 1.29 is 9.47 Å². The molecule has 1 aliphatic heterocycles. The van der Waals surface area contributed by atoms with Crippen LogP contribution in [0.1, 0.15) is 42.9 Å². The van der Waals surface area contributed by atoms with Crippen LogP contribution in [0.2, 0.25) is 0 Å². The average Bonchev–Trinajstić information content (AvgIpc) is 2.66. The fourth-order valence-electron chi connectivity index (χ4n) is 3.22. The number of ether oxygens (including phenoxy) is 2. The first-order valence-corrected chi connectivity index (χ1v) is 9.23. The topological polar surface area (TPSA) is 30.8 Å². The third-order valence-corrected chi connectivity index (χ3v) is 4.60. The quantitative estimate of drug-likeness (QED) is 0.645. The Balaban J connectivity index is 1.83. The lowest BCUT2D eigenvalue weighted by Crippen LogP contribution is -2.16. The van der Waals surface area contributed by atoms with Crippen LogP contribution in [0.4, 0.5) is 0 Å². The number of methoxy groups -OCH3 is 1. The average molecular weight is 337 g/mol. The van der Waals surface area contributed by atoms with Gasteiger partial charge in [0.05, 0.1) is 13.7 Å². The Labute approximate surface area is 150 Å². The van der Waals surface area contributed by atoms with Crippen molar-refractivity contribution >= 4 is 5.71 Å². The van der Waals surface area contributed by atoms with E-state index in [0.717, 1.165) is 49.6 Å². The molecule has 2 aromatic rings. The maximum Gasteiger partial charge on any atom is 0.161 e. The number of hydrogen-bond donors (Lipinski definition) is 0. The molecule has 0 spiro atoms. The highest BCUT2D eigenvalue weighted by molar-refractivity contribution is 6.04. The molecule has 0 aliphatic carbocycles. The van der Waals surface area contributed by atoms with Gasteiger partial charge in [0.2, 0.25) is 0 Å². The standard InChI is InChI=1S/C22H27NO2/c1-3-4-8-13-25-22-16-19-18(15-21(22)24-2)11-12-23-20(19)14-17-9-6-5-7-10-17/h5-7,9-10,15-16H,3-4,8,11-14H2,1-2H3. The minimum atomic E-state index is 0.730. The fraction of sp³-hybridized carbons (Fsp3) is 0.409. The van der Waals surface area contributed by atoms with Crippen molar-refractivity contribution in [2.24, 2.45) is 4.99 Å². The third-order valence-electron chi connectivity index (χ3n) is 4.60. The number of fused-ring (bicyclic) bond motifs is 1. The predicted octanol–water partition coefficient (Wildman–Crippen LogP) is 4.85. The minimum absolute atomic E-state index is 0.730. The molecule has 0 aromatic heterocycles. The van der Waals surface area contributed by atoms with Crippen LogP contribution < -0.4 is 9.47 Å². The highest BCUT2D eigenvalue weighted by Gasteiger charge is 2.19. The molecular weight excluding hydrogens is 310 g/mol. The zero-order chi connectivity index (χ0) is 17.5. The first-order valence-electron chi connectivity index (χ1n) is 9.23. The zero-order valence-corrected chi connectivity index (χ0v) is 15.3. The molecule has 0 saturated heterocycles. The molecule has 25 heavy (non-hydrogen) atoms. The summed E-state index contributed by atoms with van der Waals surface area (Å²) in [6.07, 6.45) is 5.27. The summed E-state index contributed by atoms with van der Waals surface area (Å²) in [6, 6.07) is 14.8. The van der Waals surface area contributed by atoms with Gasteiger partial charge in [-0.25, -0.2) is 0 Å². The first-order chi connectivity index (χ1) is 12.3. The van der Waals surface area contributed by atoms with Gasteiger partial charge in [0.25, 0.3) is 0 Å². The van der Waals surface area contributed by atoms with Crippen molar-refractivity contribution in [1.82, 2.24) is 0 Å². The molecule has 1 heterocycles. The molecule has 3 nitrogen and oxygen atoms in total. The first kappa shape index (κ1) is 17.5. The summed E-state index contributed by atoms with van der Waals surface area (Å²) in [5.74, 6) is 1.66. The van der Waals surface area contributed by atoms with Crippen molar-refractivity contribution in [3.05, 3.63) is 59.2 Å². The Kier molecular flexibility index (Phi) is 6.10. The van der Waals surface area contributed by atoms with Crippen LogP contribution in [0.25, 0.3) is 0 Å². The van der Waals surface area contributed by atoms with E-state index in [-0.39, 0.29) is 0 Å². The summed E-state index contributed by atoms with van der Waals surface area (Å²) in [5.41, 5.74) is 4.95. The van der Waals surface area contributed by atoms with Crippen LogP contribution in [0, 0.1) is 0 Å². The van der Waals surface area contributed by atoms with Gasteiger partial charge in [-0.3, -0.25) is 4.99 Å².